The van der Waals surface area contributed by atoms with Gasteiger partial charge in [-0.3, -0.25) is 9.00 Å². The average molecular weight is 341 g/mol. The highest BCUT2D eigenvalue weighted by Gasteiger charge is 2.09. The topological polar surface area (TPSA) is 104 Å². The first-order chi connectivity index (χ1) is 11.6. The lowest BCUT2D eigenvalue weighted by Crippen LogP contribution is -2.11. The van der Waals surface area contributed by atoms with Crippen molar-refractivity contribution in [1.29, 1.82) is 0 Å². The molecule has 0 saturated heterocycles. The molecule has 0 bridgehead atoms. The van der Waals surface area contributed by atoms with Crippen molar-refractivity contribution in [3.05, 3.63) is 60.2 Å². The molecular weight excluding hydrogens is 326 g/mol. The van der Waals surface area contributed by atoms with Crippen molar-refractivity contribution in [2.75, 3.05) is 5.75 Å². The van der Waals surface area contributed by atoms with Crippen molar-refractivity contribution in [3.8, 4) is 11.4 Å². The Balaban J connectivity index is 1.65. The molecule has 7 nitrogen and oxygen atoms in total. The predicted octanol–water partition coefficient (Wildman–Crippen LogP) is 1.25. The Morgan fingerprint density at radius 1 is 1.08 bits per heavy atom. The van der Waals surface area contributed by atoms with Crippen LogP contribution in [0.1, 0.15) is 10.4 Å². The van der Waals surface area contributed by atoms with E-state index in [0.29, 0.717) is 23.7 Å². The molecule has 0 aliphatic heterocycles. The Bertz CT molecular complexity index is 862. The molecule has 0 saturated carbocycles. The largest absolute Gasteiger partial charge is 0.366 e. The summed E-state index contributed by atoms with van der Waals surface area (Å²) in [5.74, 6) is 0.360. The third-order valence-electron chi connectivity index (χ3n) is 3.36. The highest BCUT2D eigenvalue weighted by molar-refractivity contribution is 7.85. The van der Waals surface area contributed by atoms with Crippen molar-refractivity contribution in [2.45, 2.75) is 11.4 Å². The standard InChI is InChI=1S/C16H15N5O2S/c17-15(22)12-6-8-13(9-7-12)16-18-20-21(19-16)10-11-24(23)14-4-2-1-3-5-14/h1-9H,10-11H2,(H2,17,22). The Morgan fingerprint density at radius 3 is 2.46 bits per heavy atom. The van der Waals surface area contributed by atoms with Gasteiger partial charge in [0.05, 0.1) is 17.3 Å². The number of hydrogen-bond acceptors (Lipinski definition) is 5. The Kier molecular flexibility index (Phi) is 4.76. The number of primary amides is 1. The lowest BCUT2D eigenvalue weighted by molar-refractivity contribution is 0.100. The molecule has 1 atom stereocenters. The third-order valence-corrected chi connectivity index (χ3v) is 4.71. The summed E-state index contributed by atoms with van der Waals surface area (Å²) >= 11 is 0. The van der Waals surface area contributed by atoms with Gasteiger partial charge in [-0.05, 0) is 29.5 Å². The second-order valence-electron chi connectivity index (χ2n) is 5.01. The van der Waals surface area contributed by atoms with E-state index in [4.69, 9.17) is 5.73 Å². The number of carbonyl (C=O) groups excluding carboxylic acids is 1. The van der Waals surface area contributed by atoms with E-state index >= 15 is 0 Å². The molecule has 3 aromatic rings. The first-order valence-electron chi connectivity index (χ1n) is 7.25. The Labute approximate surface area is 140 Å². The lowest BCUT2D eigenvalue weighted by Gasteiger charge is -2.01. The second-order valence-corrected chi connectivity index (χ2v) is 6.58. The van der Waals surface area contributed by atoms with E-state index in [1.54, 1.807) is 24.3 Å². The molecule has 2 aromatic carbocycles. The fourth-order valence-corrected chi connectivity index (χ4v) is 3.12. The number of rotatable bonds is 6. The summed E-state index contributed by atoms with van der Waals surface area (Å²) in [6, 6.07) is 15.9. The van der Waals surface area contributed by atoms with Crippen molar-refractivity contribution in [3.63, 3.8) is 0 Å². The summed E-state index contributed by atoms with van der Waals surface area (Å²) in [7, 11) is -1.11. The molecule has 1 aromatic heterocycles. The Morgan fingerprint density at radius 2 is 1.79 bits per heavy atom. The van der Waals surface area contributed by atoms with E-state index in [1.165, 1.54) is 4.80 Å². The molecule has 2 N–H and O–H groups in total. The molecule has 1 heterocycles. The van der Waals surface area contributed by atoms with Crippen LogP contribution in [-0.4, -0.2) is 36.1 Å². The maximum atomic E-state index is 12.2. The molecular formula is C16H15N5O2S. The molecule has 8 heteroatoms. The van der Waals surface area contributed by atoms with Gasteiger partial charge in [-0.2, -0.15) is 4.80 Å². The molecule has 0 fully saturated rings. The van der Waals surface area contributed by atoms with E-state index in [9.17, 15) is 9.00 Å². The summed E-state index contributed by atoms with van der Waals surface area (Å²) in [5, 5.41) is 12.2. The summed E-state index contributed by atoms with van der Waals surface area (Å²) in [6.45, 7) is 0.397. The summed E-state index contributed by atoms with van der Waals surface area (Å²) in [6.07, 6.45) is 0. The number of amides is 1. The monoisotopic (exact) mass is 341 g/mol. The van der Waals surface area contributed by atoms with Gasteiger partial charge in [-0.25, -0.2) is 0 Å². The van der Waals surface area contributed by atoms with Crippen molar-refractivity contribution in [1.82, 2.24) is 20.2 Å². The SMILES string of the molecule is NC(=O)c1ccc(-c2nnn(CCS(=O)c3ccccc3)n2)cc1. The van der Waals surface area contributed by atoms with Gasteiger partial charge in [-0.1, -0.05) is 30.3 Å². The quantitative estimate of drug-likeness (QED) is 0.726. The van der Waals surface area contributed by atoms with Gasteiger partial charge >= 0.3 is 0 Å². The zero-order chi connectivity index (χ0) is 16.9. The predicted molar refractivity (Wildman–Crippen MR) is 89.5 cm³/mol. The molecule has 24 heavy (non-hydrogen) atoms. The Hall–Kier alpha value is -2.87. The van der Waals surface area contributed by atoms with E-state index in [1.807, 2.05) is 30.3 Å². The van der Waals surface area contributed by atoms with Crippen LogP contribution in [0.4, 0.5) is 0 Å². The van der Waals surface area contributed by atoms with Crippen LogP contribution in [-0.2, 0) is 17.3 Å². The zero-order valence-corrected chi connectivity index (χ0v) is 13.5. The van der Waals surface area contributed by atoms with Crippen LogP contribution in [0.25, 0.3) is 11.4 Å². The second kappa shape index (κ2) is 7.14. The van der Waals surface area contributed by atoms with Crippen LogP contribution >= 0.6 is 0 Å². The number of carbonyl (C=O) groups is 1. The van der Waals surface area contributed by atoms with E-state index < -0.39 is 16.7 Å². The van der Waals surface area contributed by atoms with Gasteiger partial charge in [-0.15, -0.1) is 10.2 Å². The lowest BCUT2D eigenvalue weighted by atomic mass is 10.1. The molecule has 122 valence electrons. The first kappa shape index (κ1) is 16.0. The van der Waals surface area contributed by atoms with Crippen LogP contribution in [0.2, 0.25) is 0 Å². The fourth-order valence-electron chi connectivity index (χ4n) is 2.09. The molecule has 0 spiro atoms. The van der Waals surface area contributed by atoms with Crippen molar-refractivity contribution < 1.29 is 9.00 Å². The van der Waals surface area contributed by atoms with Crippen LogP contribution in [0.15, 0.2) is 59.5 Å². The molecule has 1 unspecified atom stereocenters. The van der Waals surface area contributed by atoms with Crippen LogP contribution in [0.5, 0.6) is 0 Å². The minimum absolute atomic E-state index is 0.397. The minimum atomic E-state index is -1.11. The summed E-state index contributed by atoms with van der Waals surface area (Å²) < 4.78 is 12.2. The molecule has 1 amide bonds. The number of aromatic nitrogens is 4. The fraction of sp³-hybridized carbons (Fsp3) is 0.125. The van der Waals surface area contributed by atoms with Gasteiger partial charge < -0.3 is 5.73 Å². The van der Waals surface area contributed by atoms with Gasteiger partial charge in [0, 0.05) is 21.8 Å². The van der Waals surface area contributed by atoms with E-state index in [0.717, 1.165) is 10.5 Å². The molecule has 3 rings (SSSR count). The number of hydrogen-bond donors (Lipinski definition) is 1. The van der Waals surface area contributed by atoms with E-state index in [-0.39, 0.29) is 0 Å². The van der Waals surface area contributed by atoms with Crippen LogP contribution in [0.3, 0.4) is 0 Å². The normalized spacial score (nSPS) is 12.0. The molecule has 0 aliphatic rings. The van der Waals surface area contributed by atoms with Crippen molar-refractivity contribution >= 4 is 16.7 Å². The first-order valence-corrected chi connectivity index (χ1v) is 8.57. The van der Waals surface area contributed by atoms with E-state index in [2.05, 4.69) is 15.4 Å². The number of aryl methyl sites for hydroxylation is 1. The van der Waals surface area contributed by atoms with Gasteiger partial charge in [0.2, 0.25) is 11.7 Å². The number of benzene rings is 2. The van der Waals surface area contributed by atoms with Crippen molar-refractivity contribution in [2.24, 2.45) is 5.73 Å². The van der Waals surface area contributed by atoms with Gasteiger partial charge in [0.25, 0.3) is 0 Å². The maximum Gasteiger partial charge on any atom is 0.248 e. The average Bonchev–Trinajstić information content (AvgIpc) is 3.09. The van der Waals surface area contributed by atoms with Gasteiger partial charge in [0.15, 0.2) is 0 Å². The molecule has 0 aliphatic carbocycles. The molecule has 0 radical (unpaired) electrons. The van der Waals surface area contributed by atoms with Gasteiger partial charge in [0.1, 0.15) is 0 Å². The smallest absolute Gasteiger partial charge is 0.248 e. The number of nitrogens with two attached hydrogens (primary N) is 1. The maximum absolute atomic E-state index is 12.2. The highest BCUT2D eigenvalue weighted by Crippen LogP contribution is 2.14. The van der Waals surface area contributed by atoms with Crippen LogP contribution < -0.4 is 5.73 Å². The zero-order valence-electron chi connectivity index (χ0n) is 12.7. The number of nitrogens with zero attached hydrogens (tertiary/aromatic N) is 4. The highest BCUT2D eigenvalue weighted by atomic mass is 32.2. The summed E-state index contributed by atoms with van der Waals surface area (Å²) in [5.41, 5.74) is 6.36. The third kappa shape index (κ3) is 3.72. The summed E-state index contributed by atoms with van der Waals surface area (Å²) in [4.78, 5) is 13.3. The number of tetrazole rings is 1. The van der Waals surface area contributed by atoms with Crippen LogP contribution in [0, 0.1) is 0 Å². The minimum Gasteiger partial charge on any atom is -0.366 e.